The van der Waals surface area contributed by atoms with E-state index in [1.54, 1.807) is 0 Å². The Hall–Kier alpha value is -4.01. The molecule has 1 amide bonds. The number of H-pyrrole nitrogens is 1. The van der Waals surface area contributed by atoms with Crippen LogP contribution in [-0.4, -0.2) is 43.4 Å². The predicted molar refractivity (Wildman–Crippen MR) is 157 cm³/mol. The third kappa shape index (κ3) is 4.71. The smallest absolute Gasteiger partial charge is 0.408 e. The molecule has 1 atom stereocenters. The molecule has 4 heterocycles. The highest BCUT2D eigenvalue weighted by molar-refractivity contribution is 5.86. The molecule has 0 unspecified atom stereocenters. The van der Waals surface area contributed by atoms with Gasteiger partial charge in [0.25, 0.3) is 0 Å². The first-order valence-corrected chi connectivity index (χ1v) is 14.8. The van der Waals surface area contributed by atoms with Gasteiger partial charge in [0.15, 0.2) is 17.0 Å². The number of pyridine rings is 1. The van der Waals surface area contributed by atoms with Crippen LogP contribution in [0.25, 0.3) is 11.2 Å². The number of rotatable bonds is 3. The Morgan fingerprint density at radius 2 is 1.95 bits per heavy atom. The number of aromatic amines is 1. The van der Waals surface area contributed by atoms with Gasteiger partial charge >= 0.3 is 6.09 Å². The van der Waals surface area contributed by atoms with Crippen LogP contribution in [0.3, 0.4) is 0 Å². The van der Waals surface area contributed by atoms with E-state index in [9.17, 15) is 4.79 Å². The summed E-state index contributed by atoms with van der Waals surface area (Å²) in [5, 5.41) is 11.1. The van der Waals surface area contributed by atoms with Gasteiger partial charge in [-0.25, -0.2) is 14.8 Å². The number of anilines is 2. The second kappa shape index (κ2) is 9.82. The highest BCUT2D eigenvalue weighted by atomic mass is 16.6. The van der Waals surface area contributed by atoms with E-state index in [0.717, 1.165) is 85.5 Å². The average Bonchev–Trinajstić information content (AvgIpc) is 3.51. The maximum absolute atomic E-state index is 12.9. The molecule has 1 aromatic carbocycles. The van der Waals surface area contributed by atoms with Crippen molar-refractivity contribution in [2.24, 2.45) is 5.41 Å². The first-order valence-electron chi connectivity index (χ1n) is 14.8. The second-order valence-corrected chi connectivity index (χ2v) is 12.9. The van der Waals surface area contributed by atoms with Crippen LogP contribution in [0.5, 0.6) is 0 Å². The molecule has 1 saturated carbocycles. The lowest BCUT2D eigenvalue weighted by molar-refractivity contribution is 0.0406. The van der Waals surface area contributed by atoms with Crippen molar-refractivity contribution in [3.8, 4) is 0 Å². The van der Waals surface area contributed by atoms with Gasteiger partial charge < -0.3 is 15.0 Å². The average molecular weight is 552 g/mol. The van der Waals surface area contributed by atoms with Gasteiger partial charge in [0.1, 0.15) is 5.60 Å². The van der Waals surface area contributed by atoms with Crippen molar-refractivity contribution in [3.05, 3.63) is 71.3 Å². The summed E-state index contributed by atoms with van der Waals surface area (Å²) in [6.45, 7) is 6.59. The Morgan fingerprint density at radius 3 is 2.78 bits per heavy atom. The lowest BCUT2D eigenvalue weighted by atomic mass is 9.66. The maximum Gasteiger partial charge on any atom is 0.408 e. The quantitative estimate of drug-likeness (QED) is 0.308. The largest absolute Gasteiger partial charge is 0.444 e. The minimum absolute atomic E-state index is 0.0224. The summed E-state index contributed by atoms with van der Waals surface area (Å²) >= 11 is 0. The number of ether oxygens (including phenoxy) is 1. The lowest BCUT2D eigenvalue weighted by Gasteiger charge is -2.42. The van der Waals surface area contributed by atoms with Crippen molar-refractivity contribution in [2.75, 3.05) is 11.4 Å². The van der Waals surface area contributed by atoms with Crippen LogP contribution in [0, 0.1) is 5.41 Å². The van der Waals surface area contributed by atoms with Crippen molar-refractivity contribution >= 4 is 28.8 Å². The molecule has 41 heavy (non-hydrogen) atoms. The van der Waals surface area contributed by atoms with E-state index in [-0.39, 0.29) is 17.6 Å². The molecular weight excluding hydrogens is 514 g/mol. The van der Waals surface area contributed by atoms with Crippen LogP contribution in [0.4, 0.5) is 16.3 Å². The molecule has 2 N–H and O–H groups in total. The summed E-state index contributed by atoms with van der Waals surface area (Å²) in [6.07, 6.45) is 10.4. The number of aryl methyl sites for hydroxylation is 1. The Labute approximate surface area is 240 Å². The third-order valence-electron chi connectivity index (χ3n) is 9.06. The summed E-state index contributed by atoms with van der Waals surface area (Å²) in [6, 6.07) is 12.5. The Balaban J connectivity index is 1.10. The Bertz CT molecular complexity index is 1600. The fraction of sp³-hybridized carbons (Fsp3) is 0.469. The fourth-order valence-electron chi connectivity index (χ4n) is 7.20. The van der Waals surface area contributed by atoms with E-state index in [2.05, 4.69) is 55.7 Å². The van der Waals surface area contributed by atoms with Gasteiger partial charge in [-0.15, -0.1) is 0 Å². The molecular formula is C32H37N7O2. The van der Waals surface area contributed by atoms with Crippen molar-refractivity contribution in [2.45, 2.75) is 83.3 Å². The van der Waals surface area contributed by atoms with E-state index in [1.165, 1.54) is 11.1 Å². The van der Waals surface area contributed by atoms with Crippen molar-refractivity contribution in [1.82, 2.24) is 30.5 Å². The van der Waals surface area contributed by atoms with Gasteiger partial charge in [-0.2, -0.15) is 5.10 Å². The lowest BCUT2D eigenvalue weighted by Crippen LogP contribution is -2.43. The van der Waals surface area contributed by atoms with Gasteiger partial charge in [0.2, 0.25) is 0 Å². The normalized spacial score (nSPS) is 23.8. The first-order chi connectivity index (χ1) is 19.8. The number of nitrogens with one attached hydrogen (secondary N) is 2. The van der Waals surface area contributed by atoms with Crippen LogP contribution in [-0.2, 0) is 17.6 Å². The highest BCUT2D eigenvalue weighted by Crippen LogP contribution is 2.56. The van der Waals surface area contributed by atoms with Crippen LogP contribution in [0.1, 0.15) is 87.3 Å². The van der Waals surface area contributed by atoms with Crippen LogP contribution in [0.15, 0.2) is 48.8 Å². The number of carbonyl (C=O) groups excluding carboxylic acids is 1. The molecule has 1 aliphatic heterocycles. The number of carbonyl (C=O) groups is 1. The predicted octanol–water partition coefficient (Wildman–Crippen LogP) is 6.30. The van der Waals surface area contributed by atoms with Gasteiger partial charge in [-0.3, -0.25) is 10.1 Å². The number of hydrogen-bond donors (Lipinski definition) is 2. The molecule has 212 valence electrons. The van der Waals surface area contributed by atoms with Gasteiger partial charge in [-0.05, 0) is 94.4 Å². The second-order valence-electron chi connectivity index (χ2n) is 12.9. The highest BCUT2D eigenvalue weighted by Gasteiger charge is 2.49. The molecule has 0 bridgehead atoms. The first kappa shape index (κ1) is 25.9. The molecule has 1 spiro atoms. The van der Waals surface area contributed by atoms with Crippen molar-refractivity contribution < 1.29 is 9.53 Å². The zero-order chi connectivity index (χ0) is 28.2. The van der Waals surface area contributed by atoms with Gasteiger partial charge in [0, 0.05) is 24.9 Å². The summed E-state index contributed by atoms with van der Waals surface area (Å²) in [7, 11) is 0. The van der Waals surface area contributed by atoms with Crippen LogP contribution >= 0.6 is 0 Å². The minimum atomic E-state index is -0.537. The van der Waals surface area contributed by atoms with Crippen molar-refractivity contribution in [3.63, 3.8) is 0 Å². The zero-order valence-electron chi connectivity index (χ0n) is 24.0. The van der Waals surface area contributed by atoms with Crippen LogP contribution < -0.4 is 10.2 Å². The van der Waals surface area contributed by atoms with Gasteiger partial charge in [-0.1, -0.05) is 24.3 Å². The topological polar surface area (TPSA) is 109 Å². The van der Waals surface area contributed by atoms with Crippen molar-refractivity contribution in [1.29, 1.82) is 0 Å². The summed E-state index contributed by atoms with van der Waals surface area (Å²) in [5.41, 5.74) is 6.72. The number of amides is 1. The Morgan fingerprint density at radius 1 is 1.12 bits per heavy atom. The molecule has 0 saturated heterocycles. The number of nitrogens with zero attached hydrogens (tertiary/aromatic N) is 5. The fourth-order valence-corrected chi connectivity index (χ4v) is 7.20. The molecule has 9 heteroatoms. The van der Waals surface area contributed by atoms with E-state index < -0.39 is 5.60 Å². The number of aromatic nitrogens is 5. The number of benzene rings is 1. The maximum atomic E-state index is 12.9. The molecule has 1 fully saturated rings. The van der Waals surface area contributed by atoms with E-state index in [0.29, 0.717) is 5.92 Å². The third-order valence-corrected chi connectivity index (χ3v) is 9.06. The number of hydrogen-bond acceptors (Lipinski definition) is 7. The van der Waals surface area contributed by atoms with E-state index in [1.807, 2.05) is 39.2 Å². The van der Waals surface area contributed by atoms with Crippen LogP contribution in [0.2, 0.25) is 0 Å². The number of fused-ring (bicyclic) bond motifs is 3. The summed E-state index contributed by atoms with van der Waals surface area (Å²) < 4.78 is 5.66. The molecule has 2 aliphatic carbocycles. The molecule has 7 rings (SSSR count). The minimum Gasteiger partial charge on any atom is -0.444 e. The molecule has 4 aromatic rings. The Kier molecular flexibility index (Phi) is 6.21. The summed E-state index contributed by atoms with van der Waals surface area (Å²) in [5.74, 6) is 1.13. The molecule has 0 radical (unpaired) electrons. The molecule has 9 nitrogen and oxygen atoms in total. The monoisotopic (exact) mass is 551 g/mol. The van der Waals surface area contributed by atoms with Gasteiger partial charge in [0.05, 0.1) is 23.1 Å². The van der Waals surface area contributed by atoms with E-state index >= 15 is 0 Å². The molecule has 3 aromatic heterocycles. The molecule has 3 aliphatic rings. The SMILES string of the molecule is CC(C)(C)OC(=O)N[C@@H]1c2ccccc2C[C@]12CC[C@H](c1cnc3c(N4CCCc5ncccc54)n[nH]c3n1)CC2. The zero-order valence-corrected chi connectivity index (χ0v) is 24.0. The number of alkyl carbamates (subject to hydrolysis) is 1. The van der Waals surface area contributed by atoms with E-state index in [4.69, 9.17) is 14.7 Å². The summed E-state index contributed by atoms with van der Waals surface area (Å²) in [4.78, 5) is 29.6. The standard InChI is InChI=1S/C32H37N7O2/c1-31(2,3)41-30(40)36-27-22-9-5-4-8-21(22)18-32(27)14-12-20(13-15-32)24-19-34-26-28(35-24)37-38-29(26)39-17-7-10-23-25(39)11-6-16-33-23/h4-6,8-9,11,16,19-20,27H,7,10,12-15,17-18H2,1-3H3,(H,36,40)(H,35,37,38)/t20-,27-,32+/m1/s1.